The molecular weight excluding hydrogens is 214 g/mol. The maximum absolute atomic E-state index is 4.37. The van der Waals surface area contributed by atoms with Gasteiger partial charge in [-0.1, -0.05) is 13.8 Å². The molecule has 0 aliphatic carbocycles. The lowest BCUT2D eigenvalue weighted by Gasteiger charge is -2.12. The first kappa shape index (κ1) is 11.6. The van der Waals surface area contributed by atoms with Crippen molar-refractivity contribution < 1.29 is 0 Å². The molecule has 2 aromatic heterocycles. The SMILES string of the molecule is CCC(CC)n1cc(Nc2ccncn2)cn1. The molecule has 2 aromatic rings. The van der Waals surface area contributed by atoms with Gasteiger partial charge < -0.3 is 5.32 Å². The molecule has 0 aliphatic rings. The van der Waals surface area contributed by atoms with Crippen LogP contribution in [0.15, 0.2) is 31.0 Å². The Bertz CT molecular complexity index is 447. The van der Waals surface area contributed by atoms with E-state index < -0.39 is 0 Å². The largest absolute Gasteiger partial charge is 0.338 e. The summed E-state index contributed by atoms with van der Waals surface area (Å²) in [5, 5.41) is 7.56. The molecule has 0 amide bonds. The van der Waals surface area contributed by atoms with Crippen molar-refractivity contribution in [2.45, 2.75) is 32.7 Å². The molecule has 17 heavy (non-hydrogen) atoms. The van der Waals surface area contributed by atoms with Crippen LogP contribution in [-0.4, -0.2) is 19.7 Å². The highest BCUT2D eigenvalue weighted by atomic mass is 15.3. The minimum absolute atomic E-state index is 0.468. The van der Waals surface area contributed by atoms with E-state index in [9.17, 15) is 0 Å². The quantitative estimate of drug-likeness (QED) is 0.859. The minimum atomic E-state index is 0.468. The van der Waals surface area contributed by atoms with Gasteiger partial charge >= 0.3 is 0 Å². The lowest BCUT2D eigenvalue weighted by atomic mass is 10.2. The van der Waals surface area contributed by atoms with Gasteiger partial charge in [0.25, 0.3) is 0 Å². The Kier molecular flexibility index (Phi) is 3.69. The zero-order chi connectivity index (χ0) is 12.1. The summed E-state index contributed by atoms with van der Waals surface area (Å²) >= 11 is 0. The van der Waals surface area contributed by atoms with Gasteiger partial charge in [0.05, 0.1) is 17.9 Å². The second kappa shape index (κ2) is 5.43. The highest BCUT2D eigenvalue weighted by Gasteiger charge is 2.07. The average Bonchev–Trinajstić information content (AvgIpc) is 2.81. The number of hydrogen-bond acceptors (Lipinski definition) is 4. The second-order valence-electron chi connectivity index (χ2n) is 3.90. The van der Waals surface area contributed by atoms with Gasteiger partial charge in [0.1, 0.15) is 12.1 Å². The fourth-order valence-corrected chi connectivity index (χ4v) is 1.78. The van der Waals surface area contributed by atoms with Gasteiger partial charge in [-0.15, -0.1) is 0 Å². The van der Waals surface area contributed by atoms with Gasteiger partial charge in [-0.25, -0.2) is 9.97 Å². The molecule has 0 atom stereocenters. The van der Waals surface area contributed by atoms with Crippen LogP contribution < -0.4 is 5.32 Å². The van der Waals surface area contributed by atoms with Crippen LogP contribution in [0.2, 0.25) is 0 Å². The van der Waals surface area contributed by atoms with Crippen LogP contribution >= 0.6 is 0 Å². The monoisotopic (exact) mass is 231 g/mol. The van der Waals surface area contributed by atoms with E-state index in [1.54, 1.807) is 6.20 Å². The van der Waals surface area contributed by atoms with E-state index in [0.29, 0.717) is 6.04 Å². The van der Waals surface area contributed by atoms with E-state index >= 15 is 0 Å². The normalized spacial score (nSPS) is 10.8. The zero-order valence-corrected chi connectivity index (χ0v) is 10.2. The van der Waals surface area contributed by atoms with Crippen molar-refractivity contribution in [3.05, 3.63) is 31.0 Å². The van der Waals surface area contributed by atoms with Gasteiger partial charge in [0.2, 0.25) is 0 Å². The molecule has 0 spiro atoms. The lowest BCUT2D eigenvalue weighted by Crippen LogP contribution is -2.06. The summed E-state index contributed by atoms with van der Waals surface area (Å²) in [6.45, 7) is 4.35. The summed E-state index contributed by atoms with van der Waals surface area (Å²) < 4.78 is 2.00. The van der Waals surface area contributed by atoms with Gasteiger partial charge in [-0.2, -0.15) is 5.10 Å². The van der Waals surface area contributed by atoms with Gasteiger partial charge in [0, 0.05) is 12.4 Å². The van der Waals surface area contributed by atoms with Crippen LogP contribution in [-0.2, 0) is 0 Å². The molecule has 5 heteroatoms. The number of aromatic nitrogens is 4. The average molecular weight is 231 g/mol. The predicted molar refractivity (Wildman–Crippen MR) is 67.2 cm³/mol. The molecule has 0 unspecified atom stereocenters. The van der Waals surface area contributed by atoms with Gasteiger partial charge in [-0.05, 0) is 18.9 Å². The molecule has 1 N–H and O–H groups in total. The molecule has 5 nitrogen and oxygen atoms in total. The van der Waals surface area contributed by atoms with E-state index in [4.69, 9.17) is 0 Å². The number of nitrogens with one attached hydrogen (secondary N) is 1. The van der Waals surface area contributed by atoms with Crippen LogP contribution in [0.5, 0.6) is 0 Å². The smallest absolute Gasteiger partial charge is 0.133 e. The number of nitrogens with zero attached hydrogens (tertiary/aromatic N) is 4. The Morgan fingerprint density at radius 1 is 1.35 bits per heavy atom. The van der Waals surface area contributed by atoms with E-state index in [1.807, 2.05) is 23.1 Å². The first-order chi connectivity index (χ1) is 8.33. The van der Waals surface area contributed by atoms with Crippen LogP contribution in [0.25, 0.3) is 0 Å². The van der Waals surface area contributed by atoms with Crippen LogP contribution in [0.3, 0.4) is 0 Å². The number of anilines is 2. The van der Waals surface area contributed by atoms with Crippen molar-refractivity contribution in [2.24, 2.45) is 0 Å². The number of hydrogen-bond donors (Lipinski definition) is 1. The van der Waals surface area contributed by atoms with Crippen molar-refractivity contribution >= 4 is 11.5 Å². The third-order valence-electron chi connectivity index (χ3n) is 2.77. The van der Waals surface area contributed by atoms with E-state index in [2.05, 4.69) is 34.2 Å². The maximum atomic E-state index is 4.37. The Hall–Kier alpha value is -1.91. The molecule has 2 heterocycles. The summed E-state index contributed by atoms with van der Waals surface area (Å²) in [7, 11) is 0. The molecular formula is C12H17N5. The van der Waals surface area contributed by atoms with E-state index in [-0.39, 0.29) is 0 Å². The molecule has 0 aliphatic heterocycles. The van der Waals surface area contributed by atoms with Crippen LogP contribution in [0, 0.1) is 0 Å². The van der Waals surface area contributed by atoms with Crippen molar-refractivity contribution in [1.29, 1.82) is 0 Å². The topological polar surface area (TPSA) is 55.6 Å². The summed E-state index contributed by atoms with van der Waals surface area (Å²) in [6, 6.07) is 2.30. The van der Waals surface area contributed by atoms with Gasteiger partial charge in [0.15, 0.2) is 0 Å². The fraction of sp³-hybridized carbons (Fsp3) is 0.417. The zero-order valence-electron chi connectivity index (χ0n) is 10.2. The van der Waals surface area contributed by atoms with E-state index in [1.165, 1.54) is 6.33 Å². The fourth-order valence-electron chi connectivity index (χ4n) is 1.78. The van der Waals surface area contributed by atoms with Crippen molar-refractivity contribution in [3.8, 4) is 0 Å². The first-order valence-electron chi connectivity index (χ1n) is 5.90. The summed E-state index contributed by atoms with van der Waals surface area (Å²) in [5.74, 6) is 0.782. The van der Waals surface area contributed by atoms with Gasteiger partial charge in [-0.3, -0.25) is 4.68 Å². The summed E-state index contributed by atoms with van der Waals surface area (Å²) in [4.78, 5) is 7.98. The first-order valence-corrected chi connectivity index (χ1v) is 5.90. The predicted octanol–water partition coefficient (Wildman–Crippen LogP) is 2.78. The Morgan fingerprint density at radius 3 is 2.82 bits per heavy atom. The Morgan fingerprint density at radius 2 is 2.18 bits per heavy atom. The third-order valence-corrected chi connectivity index (χ3v) is 2.77. The van der Waals surface area contributed by atoms with Crippen LogP contribution in [0.4, 0.5) is 11.5 Å². The molecule has 0 radical (unpaired) electrons. The Balaban J connectivity index is 2.08. The molecule has 0 saturated carbocycles. The van der Waals surface area contributed by atoms with Crippen molar-refractivity contribution in [1.82, 2.24) is 19.7 Å². The third kappa shape index (κ3) is 2.81. The summed E-state index contributed by atoms with van der Waals surface area (Å²) in [6.07, 6.45) is 9.24. The molecule has 0 aromatic carbocycles. The summed E-state index contributed by atoms with van der Waals surface area (Å²) in [5.41, 5.74) is 0.954. The molecule has 90 valence electrons. The molecule has 0 bridgehead atoms. The second-order valence-corrected chi connectivity index (χ2v) is 3.90. The molecule has 0 saturated heterocycles. The standard InChI is InChI=1S/C12H17N5/c1-3-11(4-2)17-8-10(7-15-17)16-12-5-6-13-9-14-12/h5-9,11H,3-4H2,1-2H3,(H,13,14,16). The molecule has 0 fully saturated rings. The minimum Gasteiger partial charge on any atom is -0.338 e. The number of rotatable bonds is 5. The highest BCUT2D eigenvalue weighted by molar-refractivity contribution is 5.52. The highest BCUT2D eigenvalue weighted by Crippen LogP contribution is 2.18. The van der Waals surface area contributed by atoms with Crippen molar-refractivity contribution in [3.63, 3.8) is 0 Å². The molecule has 2 rings (SSSR count). The lowest BCUT2D eigenvalue weighted by molar-refractivity contribution is 0.428. The maximum Gasteiger partial charge on any atom is 0.133 e. The Labute approximate surface area is 101 Å². The van der Waals surface area contributed by atoms with Crippen LogP contribution in [0.1, 0.15) is 32.7 Å². The van der Waals surface area contributed by atoms with E-state index in [0.717, 1.165) is 24.3 Å². The van der Waals surface area contributed by atoms with Crippen molar-refractivity contribution in [2.75, 3.05) is 5.32 Å².